The molecule has 1 amide bonds. The maximum atomic E-state index is 10.3. The summed E-state index contributed by atoms with van der Waals surface area (Å²) < 4.78 is 4.47. The van der Waals surface area contributed by atoms with Crippen LogP contribution < -0.4 is 5.73 Å². The fourth-order valence-electron chi connectivity index (χ4n) is 0.641. The van der Waals surface area contributed by atoms with Gasteiger partial charge >= 0.3 is 12.1 Å². The lowest BCUT2D eigenvalue weighted by molar-refractivity contribution is -0.132. The van der Waals surface area contributed by atoms with Crippen molar-refractivity contribution in [2.45, 2.75) is 20.0 Å². The van der Waals surface area contributed by atoms with Gasteiger partial charge in [-0.05, 0) is 19.9 Å². The van der Waals surface area contributed by atoms with Gasteiger partial charge in [0.2, 0.25) is 0 Å². The summed E-state index contributed by atoms with van der Waals surface area (Å²) in [4.78, 5) is 20.5. The lowest BCUT2D eigenvalue weighted by atomic mass is 10.2. The largest absolute Gasteiger partial charge is 0.478 e. The number of nitrogens with two attached hydrogens (primary N) is 1. The molecule has 1 atom stereocenters. The average Bonchev–Trinajstić information content (AvgIpc) is 1.84. The Labute approximate surface area is 69.8 Å². The molecule has 0 bridgehead atoms. The number of amides is 1. The van der Waals surface area contributed by atoms with Gasteiger partial charge in [-0.2, -0.15) is 0 Å². The van der Waals surface area contributed by atoms with Gasteiger partial charge < -0.3 is 15.6 Å². The van der Waals surface area contributed by atoms with Gasteiger partial charge in [0.25, 0.3) is 0 Å². The van der Waals surface area contributed by atoms with Crippen LogP contribution in [0.3, 0.4) is 0 Å². The van der Waals surface area contributed by atoms with Crippen molar-refractivity contribution in [2.24, 2.45) is 5.73 Å². The number of primary amides is 1. The number of hydrogen-bond donors (Lipinski definition) is 2. The predicted octanol–water partition coefficient (Wildman–Crippen LogP) is 0.501. The highest BCUT2D eigenvalue weighted by Gasteiger charge is 2.06. The summed E-state index contributed by atoms with van der Waals surface area (Å²) in [5, 5.41) is 8.42. The number of carboxylic acids is 1. The number of rotatable bonds is 3. The molecular formula is C7H11NO4. The summed E-state index contributed by atoms with van der Waals surface area (Å²) in [5.74, 6) is -1.05. The molecule has 0 spiro atoms. The predicted molar refractivity (Wildman–Crippen MR) is 41.5 cm³/mol. The van der Waals surface area contributed by atoms with Crippen LogP contribution in [0.4, 0.5) is 4.79 Å². The van der Waals surface area contributed by atoms with E-state index in [1.165, 1.54) is 19.9 Å². The molecule has 0 heterocycles. The van der Waals surface area contributed by atoms with E-state index < -0.39 is 18.2 Å². The average molecular weight is 173 g/mol. The molecule has 68 valence electrons. The van der Waals surface area contributed by atoms with Crippen LogP contribution in [0.5, 0.6) is 0 Å². The van der Waals surface area contributed by atoms with Crippen molar-refractivity contribution >= 4 is 12.1 Å². The highest BCUT2D eigenvalue weighted by Crippen LogP contribution is 1.99. The van der Waals surface area contributed by atoms with Crippen LogP contribution in [0.15, 0.2) is 11.6 Å². The van der Waals surface area contributed by atoms with E-state index in [0.717, 1.165) is 0 Å². The summed E-state index contributed by atoms with van der Waals surface area (Å²) >= 11 is 0. The second-order valence-electron chi connectivity index (χ2n) is 2.30. The zero-order valence-corrected chi connectivity index (χ0v) is 6.90. The van der Waals surface area contributed by atoms with Gasteiger partial charge in [0, 0.05) is 5.57 Å². The number of aliphatic carboxylic acids is 1. The Balaban J connectivity index is 4.14. The molecule has 3 N–H and O–H groups in total. The van der Waals surface area contributed by atoms with Gasteiger partial charge in [-0.3, -0.25) is 0 Å². The summed E-state index contributed by atoms with van der Waals surface area (Å²) in [6, 6.07) is 0. The van der Waals surface area contributed by atoms with E-state index in [1.54, 1.807) is 0 Å². The van der Waals surface area contributed by atoms with Crippen molar-refractivity contribution in [3.05, 3.63) is 11.6 Å². The van der Waals surface area contributed by atoms with Crippen LogP contribution in [-0.4, -0.2) is 23.3 Å². The van der Waals surface area contributed by atoms with E-state index in [9.17, 15) is 9.59 Å². The molecular weight excluding hydrogens is 162 g/mol. The Hall–Kier alpha value is -1.52. The van der Waals surface area contributed by atoms with Crippen LogP contribution in [0, 0.1) is 0 Å². The summed E-state index contributed by atoms with van der Waals surface area (Å²) in [5.41, 5.74) is 4.82. The number of carbonyl (C=O) groups excluding carboxylic acids is 1. The van der Waals surface area contributed by atoms with Gasteiger partial charge in [-0.25, -0.2) is 9.59 Å². The van der Waals surface area contributed by atoms with Crippen LogP contribution in [-0.2, 0) is 9.53 Å². The van der Waals surface area contributed by atoms with Crippen molar-refractivity contribution in [1.82, 2.24) is 0 Å². The Morgan fingerprint density at radius 1 is 1.58 bits per heavy atom. The molecule has 5 nitrogen and oxygen atoms in total. The Bertz CT molecular complexity index is 221. The normalized spacial score (nSPS) is 13.7. The first-order chi connectivity index (χ1) is 5.43. The lowest BCUT2D eigenvalue weighted by Crippen LogP contribution is -2.19. The van der Waals surface area contributed by atoms with E-state index in [1.807, 2.05) is 0 Å². The van der Waals surface area contributed by atoms with E-state index in [0.29, 0.717) is 0 Å². The molecule has 5 heteroatoms. The van der Waals surface area contributed by atoms with Crippen molar-refractivity contribution < 1.29 is 19.4 Å². The number of carbonyl (C=O) groups is 2. The molecule has 0 rings (SSSR count). The minimum atomic E-state index is -1.05. The first kappa shape index (κ1) is 10.5. The molecule has 0 aromatic carbocycles. The van der Waals surface area contributed by atoms with E-state index in [4.69, 9.17) is 10.8 Å². The van der Waals surface area contributed by atoms with E-state index in [2.05, 4.69) is 4.74 Å². The van der Waals surface area contributed by atoms with Gasteiger partial charge in [-0.15, -0.1) is 0 Å². The fraction of sp³-hybridized carbons (Fsp3) is 0.429. The number of carboxylic acid groups (broad SMARTS) is 1. The van der Waals surface area contributed by atoms with E-state index in [-0.39, 0.29) is 5.57 Å². The second kappa shape index (κ2) is 4.38. The topological polar surface area (TPSA) is 89.6 Å². The summed E-state index contributed by atoms with van der Waals surface area (Å²) in [6.07, 6.45) is -0.233. The fourth-order valence-corrected chi connectivity index (χ4v) is 0.641. The molecule has 0 aliphatic rings. The first-order valence-corrected chi connectivity index (χ1v) is 3.31. The van der Waals surface area contributed by atoms with Gasteiger partial charge in [0.05, 0.1) is 0 Å². The zero-order valence-electron chi connectivity index (χ0n) is 6.90. The zero-order chi connectivity index (χ0) is 9.72. The molecule has 0 aliphatic carbocycles. The molecule has 0 aliphatic heterocycles. The van der Waals surface area contributed by atoms with Gasteiger partial charge in [0.1, 0.15) is 6.10 Å². The van der Waals surface area contributed by atoms with Crippen LogP contribution in [0.2, 0.25) is 0 Å². The smallest absolute Gasteiger partial charge is 0.405 e. The molecule has 0 saturated heterocycles. The van der Waals surface area contributed by atoms with Crippen molar-refractivity contribution in [3.8, 4) is 0 Å². The van der Waals surface area contributed by atoms with Crippen LogP contribution >= 0.6 is 0 Å². The van der Waals surface area contributed by atoms with Crippen LogP contribution in [0.25, 0.3) is 0 Å². The Morgan fingerprint density at radius 3 is 2.42 bits per heavy atom. The monoisotopic (exact) mass is 173 g/mol. The summed E-state index contributed by atoms with van der Waals surface area (Å²) in [6.45, 7) is 2.93. The molecule has 0 fully saturated rings. The van der Waals surface area contributed by atoms with Crippen LogP contribution in [0.1, 0.15) is 13.8 Å². The quantitative estimate of drug-likeness (QED) is 0.608. The number of ether oxygens (including phenoxy) is 1. The maximum absolute atomic E-state index is 10.3. The van der Waals surface area contributed by atoms with Crippen molar-refractivity contribution in [1.29, 1.82) is 0 Å². The van der Waals surface area contributed by atoms with Crippen molar-refractivity contribution in [2.75, 3.05) is 0 Å². The van der Waals surface area contributed by atoms with Crippen molar-refractivity contribution in [3.63, 3.8) is 0 Å². The van der Waals surface area contributed by atoms with Gasteiger partial charge in [-0.1, -0.05) is 0 Å². The third kappa shape index (κ3) is 4.32. The standard InChI is InChI=1S/C7H11NO4/c1-4(6(9)10)3-5(2)12-7(8)11/h3,5H,1-2H3,(H2,8,11)(H,9,10). The number of hydrogen-bond acceptors (Lipinski definition) is 3. The molecule has 12 heavy (non-hydrogen) atoms. The lowest BCUT2D eigenvalue weighted by Gasteiger charge is -2.06. The maximum Gasteiger partial charge on any atom is 0.405 e. The SMILES string of the molecule is CC(=CC(C)OC(N)=O)C(=O)O. The minimum absolute atomic E-state index is 0.115. The highest BCUT2D eigenvalue weighted by molar-refractivity contribution is 5.85. The van der Waals surface area contributed by atoms with E-state index >= 15 is 0 Å². The Kier molecular flexibility index (Phi) is 3.82. The molecule has 0 radical (unpaired) electrons. The molecule has 0 aromatic rings. The first-order valence-electron chi connectivity index (χ1n) is 3.31. The summed E-state index contributed by atoms with van der Waals surface area (Å²) in [7, 11) is 0. The second-order valence-corrected chi connectivity index (χ2v) is 2.30. The Morgan fingerprint density at radius 2 is 2.08 bits per heavy atom. The third-order valence-corrected chi connectivity index (χ3v) is 1.12. The minimum Gasteiger partial charge on any atom is -0.478 e. The van der Waals surface area contributed by atoms with Gasteiger partial charge in [0.15, 0.2) is 0 Å². The third-order valence-electron chi connectivity index (χ3n) is 1.12. The highest BCUT2D eigenvalue weighted by atomic mass is 16.6. The molecule has 0 aromatic heterocycles. The molecule has 1 unspecified atom stereocenters. The molecule has 0 saturated carbocycles.